The molecule has 26 heavy (non-hydrogen) atoms. The number of nitrogens with zero attached hydrogens (tertiary/aromatic N) is 1. The van der Waals surface area contributed by atoms with Crippen molar-refractivity contribution in [3.63, 3.8) is 0 Å². The van der Waals surface area contributed by atoms with Gasteiger partial charge in [-0.25, -0.2) is 4.98 Å². The van der Waals surface area contributed by atoms with Crippen molar-refractivity contribution in [2.24, 2.45) is 0 Å². The molecule has 0 fully saturated rings. The summed E-state index contributed by atoms with van der Waals surface area (Å²) < 4.78 is 11.4. The van der Waals surface area contributed by atoms with Crippen LogP contribution in [0.4, 0.5) is 5.69 Å². The lowest BCUT2D eigenvalue weighted by Crippen LogP contribution is -2.29. The number of hydrogen-bond donors (Lipinski definition) is 1. The normalized spacial score (nSPS) is 14.3. The molecule has 2 aromatic carbocycles. The monoisotopic (exact) mass is 366 g/mol. The lowest BCUT2D eigenvalue weighted by molar-refractivity contribution is -0.0431. The van der Waals surface area contributed by atoms with Gasteiger partial charge in [-0.15, -0.1) is 11.3 Å². The van der Waals surface area contributed by atoms with Gasteiger partial charge in [0.2, 0.25) is 5.79 Å². The predicted octanol–water partition coefficient (Wildman–Crippen LogP) is 4.88. The molecule has 6 heteroatoms. The molecule has 3 aromatic rings. The number of hydrogen-bond acceptors (Lipinski definition) is 5. The molecule has 1 aliphatic heterocycles. The summed E-state index contributed by atoms with van der Waals surface area (Å²) in [6.07, 6.45) is 0. The van der Waals surface area contributed by atoms with Crippen molar-refractivity contribution in [1.82, 2.24) is 4.98 Å². The minimum atomic E-state index is -0.694. The van der Waals surface area contributed by atoms with Crippen LogP contribution >= 0.6 is 11.3 Å². The predicted molar refractivity (Wildman–Crippen MR) is 102 cm³/mol. The van der Waals surface area contributed by atoms with E-state index < -0.39 is 5.79 Å². The number of nitrogens with one attached hydrogen (secondary N) is 1. The number of rotatable bonds is 3. The summed E-state index contributed by atoms with van der Waals surface area (Å²) in [5.41, 5.74) is 2.28. The number of benzene rings is 2. The first-order valence-electron chi connectivity index (χ1n) is 8.27. The van der Waals surface area contributed by atoms with Gasteiger partial charge in [0.15, 0.2) is 11.5 Å². The number of fused-ring (bicyclic) bond motifs is 1. The van der Waals surface area contributed by atoms with E-state index >= 15 is 0 Å². The first-order valence-corrected chi connectivity index (χ1v) is 9.09. The van der Waals surface area contributed by atoms with Gasteiger partial charge in [-0.1, -0.05) is 30.3 Å². The molecule has 1 N–H and O–H groups in total. The number of thiazole rings is 1. The highest BCUT2D eigenvalue weighted by Gasteiger charge is 2.31. The molecule has 1 aromatic heterocycles. The van der Waals surface area contributed by atoms with E-state index in [2.05, 4.69) is 10.3 Å². The number of ether oxygens (including phenoxy) is 2. The first-order chi connectivity index (χ1) is 12.4. The highest BCUT2D eigenvalue weighted by molar-refractivity contribution is 7.14. The molecule has 0 atom stereocenters. The summed E-state index contributed by atoms with van der Waals surface area (Å²) in [4.78, 5) is 18.0. The molecule has 0 bridgehead atoms. The third kappa shape index (κ3) is 3.15. The minimum absolute atomic E-state index is 0.187. The second-order valence-electron chi connectivity index (χ2n) is 6.50. The minimum Gasteiger partial charge on any atom is -0.449 e. The fourth-order valence-corrected chi connectivity index (χ4v) is 3.70. The molecule has 5 nitrogen and oxygen atoms in total. The average molecular weight is 366 g/mol. The van der Waals surface area contributed by atoms with Crippen molar-refractivity contribution < 1.29 is 14.3 Å². The van der Waals surface area contributed by atoms with Crippen LogP contribution < -0.4 is 14.8 Å². The van der Waals surface area contributed by atoms with Crippen LogP contribution in [0.1, 0.15) is 28.5 Å². The maximum absolute atomic E-state index is 12.8. The molecule has 0 spiro atoms. The molecule has 2 heterocycles. The Morgan fingerprint density at radius 3 is 2.58 bits per heavy atom. The number of aryl methyl sites for hydroxylation is 1. The molecule has 0 radical (unpaired) electrons. The zero-order valence-corrected chi connectivity index (χ0v) is 15.5. The Morgan fingerprint density at radius 1 is 1.08 bits per heavy atom. The summed E-state index contributed by atoms with van der Waals surface area (Å²) in [6.45, 7) is 5.59. The number of anilines is 1. The smallest absolute Gasteiger partial charge is 0.268 e. The topological polar surface area (TPSA) is 60.5 Å². The van der Waals surface area contributed by atoms with Gasteiger partial charge < -0.3 is 14.8 Å². The van der Waals surface area contributed by atoms with Crippen LogP contribution in [0.3, 0.4) is 0 Å². The van der Waals surface area contributed by atoms with Gasteiger partial charge in [0.25, 0.3) is 5.91 Å². The second kappa shape index (κ2) is 6.14. The van der Waals surface area contributed by atoms with E-state index in [0.29, 0.717) is 27.8 Å². The molecular formula is C20H18N2O3S. The molecule has 1 amide bonds. The highest BCUT2D eigenvalue weighted by Crippen LogP contribution is 2.41. The van der Waals surface area contributed by atoms with Crippen molar-refractivity contribution in [3.8, 4) is 22.8 Å². The molecule has 4 rings (SSSR count). The Hall–Kier alpha value is -2.86. The first kappa shape index (κ1) is 16.6. The third-order valence-corrected chi connectivity index (χ3v) is 4.87. The summed E-state index contributed by atoms with van der Waals surface area (Å²) >= 11 is 1.38. The maximum atomic E-state index is 12.8. The van der Waals surface area contributed by atoms with Crippen molar-refractivity contribution in [2.75, 3.05) is 5.32 Å². The summed E-state index contributed by atoms with van der Waals surface area (Å²) in [5, 5.41) is 3.78. The van der Waals surface area contributed by atoms with E-state index in [4.69, 9.17) is 9.47 Å². The molecule has 0 aliphatic carbocycles. The van der Waals surface area contributed by atoms with Gasteiger partial charge in [0.05, 0.1) is 10.7 Å². The summed E-state index contributed by atoms with van der Waals surface area (Å²) in [5.74, 6) is 0.413. The van der Waals surface area contributed by atoms with E-state index in [0.717, 1.165) is 10.6 Å². The molecule has 0 saturated carbocycles. The Balaban J connectivity index is 1.61. The summed E-state index contributed by atoms with van der Waals surface area (Å²) in [7, 11) is 0. The zero-order valence-electron chi connectivity index (χ0n) is 14.7. The number of amides is 1. The van der Waals surface area contributed by atoms with Crippen molar-refractivity contribution in [2.45, 2.75) is 26.6 Å². The van der Waals surface area contributed by atoms with E-state index in [9.17, 15) is 4.79 Å². The lowest BCUT2D eigenvalue weighted by atomic mass is 10.1. The van der Waals surface area contributed by atoms with E-state index in [1.165, 1.54) is 11.3 Å². The van der Waals surface area contributed by atoms with Gasteiger partial charge in [-0.3, -0.25) is 4.79 Å². The van der Waals surface area contributed by atoms with Crippen LogP contribution in [0, 0.1) is 6.92 Å². The van der Waals surface area contributed by atoms with Crippen molar-refractivity contribution in [3.05, 3.63) is 58.4 Å². The number of carbonyl (C=O) groups is 1. The molecule has 1 aliphatic rings. The van der Waals surface area contributed by atoms with E-state index in [-0.39, 0.29) is 5.91 Å². The van der Waals surface area contributed by atoms with E-state index in [1.54, 1.807) is 18.2 Å². The SMILES string of the molecule is Cc1nc(-c2ccccc2)c(C(=O)Nc2ccc3c(c2)OC(C)(C)O3)s1. The molecule has 0 unspecified atom stereocenters. The standard InChI is InChI=1S/C20H18N2O3S/c1-12-21-17(13-7-5-4-6-8-13)18(26-12)19(23)22-14-9-10-15-16(11-14)25-20(2,3)24-15/h4-11H,1-3H3,(H,22,23). The van der Waals surface area contributed by atoms with Crippen LogP contribution in [-0.2, 0) is 0 Å². The Labute approximate surface area is 155 Å². The maximum Gasteiger partial charge on any atom is 0.268 e. The summed E-state index contributed by atoms with van der Waals surface area (Å²) in [6, 6.07) is 15.1. The van der Waals surface area contributed by atoms with Crippen molar-refractivity contribution >= 4 is 22.9 Å². The van der Waals surface area contributed by atoms with Crippen LogP contribution in [0.5, 0.6) is 11.5 Å². The Bertz CT molecular complexity index is 980. The van der Waals surface area contributed by atoms with Gasteiger partial charge in [-0.05, 0) is 19.1 Å². The molecule has 132 valence electrons. The van der Waals surface area contributed by atoms with Gasteiger partial charge in [-0.2, -0.15) is 0 Å². The second-order valence-corrected chi connectivity index (χ2v) is 7.70. The number of aromatic nitrogens is 1. The van der Waals surface area contributed by atoms with Gasteiger partial charge in [0, 0.05) is 31.2 Å². The largest absolute Gasteiger partial charge is 0.449 e. The van der Waals surface area contributed by atoms with Crippen LogP contribution in [0.25, 0.3) is 11.3 Å². The highest BCUT2D eigenvalue weighted by atomic mass is 32.1. The fraction of sp³-hybridized carbons (Fsp3) is 0.200. The lowest BCUT2D eigenvalue weighted by Gasteiger charge is -2.16. The van der Waals surface area contributed by atoms with Crippen LogP contribution in [0.15, 0.2) is 48.5 Å². The Kier molecular flexibility index (Phi) is 3.92. The quantitative estimate of drug-likeness (QED) is 0.718. The van der Waals surface area contributed by atoms with Gasteiger partial charge >= 0.3 is 0 Å². The van der Waals surface area contributed by atoms with Gasteiger partial charge in [0.1, 0.15) is 4.88 Å². The van der Waals surface area contributed by atoms with E-state index in [1.807, 2.05) is 51.1 Å². The van der Waals surface area contributed by atoms with Crippen molar-refractivity contribution in [1.29, 1.82) is 0 Å². The van der Waals surface area contributed by atoms with Crippen LogP contribution in [0.2, 0.25) is 0 Å². The average Bonchev–Trinajstić information content (AvgIpc) is 3.13. The third-order valence-electron chi connectivity index (χ3n) is 3.90. The zero-order chi connectivity index (χ0) is 18.3. The molecule has 0 saturated heterocycles. The Morgan fingerprint density at radius 2 is 1.81 bits per heavy atom. The fourth-order valence-electron chi connectivity index (χ4n) is 2.86. The number of carbonyl (C=O) groups excluding carboxylic acids is 1. The molecular weight excluding hydrogens is 348 g/mol. The van der Waals surface area contributed by atoms with Crippen LogP contribution in [-0.4, -0.2) is 16.7 Å².